The van der Waals surface area contributed by atoms with Crippen molar-refractivity contribution in [2.75, 3.05) is 7.05 Å². The molecule has 0 heterocycles. The summed E-state index contributed by atoms with van der Waals surface area (Å²) in [7, 11) is 2.11. The van der Waals surface area contributed by atoms with E-state index in [4.69, 9.17) is 0 Å². The average molecular weight is 213 g/mol. The molecular formula is C14H31N. The molecule has 92 valence electrons. The fourth-order valence-electron chi connectivity index (χ4n) is 2.60. The summed E-state index contributed by atoms with van der Waals surface area (Å²) < 4.78 is 0. The van der Waals surface area contributed by atoms with Gasteiger partial charge in [0.05, 0.1) is 0 Å². The molecular weight excluding hydrogens is 182 g/mol. The Balaban J connectivity index is 4.48. The van der Waals surface area contributed by atoms with Crippen LogP contribution in [0.5, 0.6) is 0 Å². The molecule has 0 saturated heterocycles. The Bertz CT molecular complexity index is 157. The molecule has 3 unspecified atom stereocenters. The highest BCUT2D eigenvalue weighted by Crippen LogP contribution is 2.31. The van der Waals surface area contributed by atoms with Crippen LogP contribution < -0.4 is 5.32 Å². The van der Waals surface area contributed by atoms with Gasteiger partial charge in [0.25, 0.3) is 0 Å². The average Bonchev–Trinajstić information content (AvgIpc) is 2.14. The first-order valence-corrected chi connectivity index (χ1v) is 6.54. The van der Waals surface area contributed by atoms with Gasteiger partial charge >= 0.3 is 0 Å². The molecule has 0 aliphatic heterocycles. The lowest BCUT2D eigenvalue weighted by molar-refractivity contribution is 0.174. The molecule has 1 heteroatoms. The summed E-state index contributed by atoms with van der Waals surface area (Å²) >= 11 is 0. The highest BCUT2D eigenvalue weighted by Gasteiger charge is 2.30. The van der Waals surface area contributed by atoms with Gasteiger partial charge in [-0.05, 0) is 30.7 Å². The van der Waals surface area contributed by atoms with Crippen molar-refractivity contribution in [3.05, 3.63) is 0 Å². The van der Waals surface area contributed by atoms with Crippen LogP contribution in [0.2, 0.25) is 0 Å². The number of rotatable bonds is 6. The Kier molecular flexibility index (Phi) is 6.51. The number of nitrogens with one attached hydrogen (secondary N) is 1. The van der Waals surface area contributed by atoms with E-state index in [-0.39, 0.29) is 0 Å². The first kappa shape index (κ1) is 15.0. The van der Waals surface area contributed by atoms with E-state index in [1.54, 1.807) is 0 Å². The number of hydrogen-bond donors (Lipinski definition) is 1. The molecule has 0 bridgehead atoms. The Morgan fingerprint density at radius 3 is 1.87 bits per heavy atom. The Hall–Kier alpha value is -0.0400. The smallest absolute Gasteiger partial charge is 0.0141 e. The van der Waals surface area contributed by atoms with Crippen LogP contribution in [-0.2, 0) is 0 Å². The number of hydrogen-bond acceptors (Lipinski definition) is 1. The zero-order valence-electron chi connectivity index (χ0n) is 11.9. The molecule has 0 fully saturated rings. The van der Waals surface area contributed by atoms with Crippen LogP contribution in [-0.4, -0.2) is 13.1 Å². The maximum absolute atomic E-state index is 3.52. The van der Waals surface area contributed by atoms with Gasteiger partial charge in [0.2, 0.25) is 0 Å². The molecule has 0 aliphatic rings. The van der Waals surface area contributed by atoms with Gasteiger partial charge in [-0.25, -0.2) is 0 Å². The Labute approximate surface area is 97.0 Å². The van der Waals surface area contributed by atoms with Gasteiger partial charge in [0.1, 0.15) is 0 Å². The van der Waals surface area contributed by atoms with E-state index in [1.165, 1.54) is 19.3 Å². The van der Waals surface area contributed by atoms with Gasteiger partial charge < -0.3 is 5.32 Å². The van der Waals surface area contributed by atoms with Crippen molar-refractivity contribution in [2.24, 2.45) is 17.3 Å². The van der Waals surface area contributed by atoms with Crippen LogP contribution >= 0.6 is 0 Å². The van der Waals surface area contributed by atoms with Crippen LogP contribution in [0.4, 0.5) is 0 Å². The minimum Gasteiger partial charge on any atom is -0.316 e. The van der Waals surface area contributed by atoms with Crippen LogP contribution in [0.25, 0.3) is 0 Å². The van der Waals surface area contributed by atoms with E-state index in [1.807, 2.05) is 0 Å². The molecule has 0 saturated carbocycles. The lowest BCUT2D eigenvalue weighted by Gasteiger charge is -2.37. The third kappa shape index (κ3) is 5.01. The second kappa shape index (κ2) is 6.52. The Morgan fingerprint density at radius 2 is 1.60 bits per heavy atom. The minimum atomic E-state index is 0.364. The normalized spacial score (nSPS) is 18.6. The van der Waals surface area contributed by atoms with Crippen LogP contribution in [0.3, 0.4) is 0 Å². The third-order valence-electron chi connectivity index (χ3n) is 3.64. The summed E-state index contributed by atoms with van der Waals surface area (Å²) in [4.78, 5) is 0. The summed E-state index contributed by atoms with van der Waals surface area (Å²) in [6.45, 7) is 14.0. The zero-order chi connectivity index (χ0) is 12.1. The van der Waals surface area contributed by atoms with Crippen molar-refractivity contribution < 1.29 is 0 Å². The van der Waals surface area contributed by atoms with Crippen molar-refractivity contribution in [1.82, 2.24) is 5.32 Å². The van der Waals surface area contributed by atoms with Crippen molar-refractivity contribution in [3.8, 4) is 0 Å². The maximum Gasteiger partial charge on any atom is 0.0141 e. The van der Waals surface area contributed by atoms with Gasteiger partial charge in [-0.15, -0.1) is 0 Å². The van der Waals surface area contributed by atoms with Crippen LogP contribution in [0, 0.1) is 17.3 Å². The van der Waals surface area contributed by atoms with Gasteiger partial charge in [0, 0.05) is 6.04 Å². The zero-order valence-corrected chi connectivity index (χ0v) is 11.9. The van der Waals surface area contributed by atoms with E-state index in [0.29, 0.717) is 11.5 Å². The van der Waals surface area contributed by atoms with E-state index in [0.717, 1.165) is 11.8 Å². The molecule has 0 aromatic carbocycles. The molecule has 0 spiro atoms. The van der Waals surface area contributed by atoms with Gasteiger partial charge in [0.15, 0.2) is 0 Å². The van der Waals surface area contributed by atoms with Crippen LogP contribution in [0.1, 0.15) is 60.8 Å². The monoisotopic (exact) mass is 213 g/mol. The fraction of sp³-hybridized carbons (Fsp3) is 1.00. The van der Waals surface area contributed by atoms with Crippen molar-refractivity contribution in [3.63, 3.8) is 0 Å². The summed E-state index contributed by atoms with van der Waals surface area (Å²) in [6.07, 6.45) is 3.94. The minimum absolute atomic E-state index is 0.364. The standard InChI is InChI=1S/C14H31N/c1-8-11(3)10-12(9-2)13(15-7)14(4,5)6/h11-13,15H,8-10H2,1-7H3. The quantitative estimate of drug-likeness (QED) is 0.701. The molecule has 0 radical (unpaired) electrons. The molecule has 15 heavy (non-hydrogen) atoms. The van der Waals surface area contributed by atoms with Crippen molar-refractivity contribution in [2.45, 2.75) is 66.8 Å². The summed E-state index contributed by atoms with van der Waals surface area (Å²) in [5.74, 6) is 1.66. The van der Waals surface area contributed by atoms with Crippen molar-refractivity contribution >= 4 is 0 Å². The van der Waals surface area contributed by atoms with Gasteiger partial charge in [-0.2, -0.15) is 0 Å². The topological polar surface area (TPSA) is 12.0 Å². The highest BCUT2D eigenvalue weighted by molar-refractivity contribution is 4.85. The second-order valence-corrected chi connectivity index (χ2v) is 6.05. The van der Waals surface area contributed by atoms with E-state index < -0.39 is 0 Å². The van der Waals surface area contributed by atoms with E-state index in [9.17, 15) is 0 Å². The lowest BCUT2D eigenvalue weighted by atomic mass is 9.74. The van der Waals surface area contributed by atoms with E-state index >= 15 is 0 Å². The first-order chi connectivity index (χ1) is 6.86. The molecule has 0 aromatic heterocycles. The molecule has 0 aromatic rings. The molecule has 1 nitrogen and oxygen atoms in total. The fourth-order valence-corrected chi connectivity index (χ4v) is 2.60. The lowest BCUT2D eigenvalue weighted by Crippen LogP contribution is -2.44. The van der Waals surface area contributed by atoms with Crippen molar-refractivity contribution in [1.29, 1.82) is 0 Å². The largest absolute Gasteiger partial charge is 0.316 e. The van der Waals surface area contributed by atoms with Gasteiger partial charge in [-0.3, -0.25) is 0 Å². The predicted molar refractivity (Wildman–Crippen MR) is 70.2 cm³/mol. The molecule has 0 amide bonds. The first-order valence-electron chi connectivity index (χ1n) is 6.54. The maximum atomic E-state index is 3.52. The SMILES string of the molecule is CCC(C)CC(CC)C(NC)C(C)(C)C. The van der Waals surface area contributed by atoms with E-state index in [2.05, 4.69) is 53.9 Å². The molecule has 0 rings (SSSR count). The molecule has 0 aliphatic carbocycles. The Morgan fingerprint density at radius 1 is 1.07 bits per heavy atom. The predicted octanol–water partition coefficient (Wildman–Crippen LogP) is 4.08. The third-order valence-corrected chi connectivity index (χ3v) is 3.64. The second-order valence-electron chi connectivity index (χ2n) is 6.05. The highest BCUT2D eigenvalue weighted by atomic mass is 14.9. The molecule has 1 N–H and O–H groups in total. The summed E-state index contributed by atoms with van der Waals surface area (Å²) in [5.41, 5.74) is 0.364. The van der Waals surface area contributed by atoms with Crippen LogP contribution in [0.15, 0.2) is 0 Å². The molecule has 3 atom stereocenters. The summed E-state index contributed by atoms with van der Waals surface area (Å²) in [6, 6.07) is 0.636. The van der Waals surface area contributed by atoms with Gasteiger partial charge in [-0.1, -0.05) is 54.4 Å². The summed E-state index contributed by atoms with van der Waals surface area (Å²) in [5, 5.41) is 3.52.